The summed E-state index contributed by atoms with van der Waals surface area (Å²) in [6.07, 6.45) is 16.1. The molecule has 0 saturated heterocycles. The summed E-state index contributed by atoms with van der Waals surface area (Å²) in [5.74, 6) is 4.33. The number of ether oxygens (including phenoxy) is 5. The molecule has 2 aliphatic rings. The topological polar surface area (TPSA) is 70.3 Å². The molecule has 0 spiro atoms. The van der Waals surface area contributed by atoms with Gasteiger partial charge < -0.3 is 28.8 Å². The number of unbranched alkanes of at least 4 members (excludes halogenated alkanes) is 5. The molecule has 0 amide bonds. The van der Waals surface area contributed by atoms with Crippen molar-refractivity contribution in [1.29, 1.82) is 0 Å². The monoisotopic (exact) mass is 712 g/mol. The van der Waals surface area contributed by atoms with Gasteiger partial charge in [0.25, 0.3) is 0 Å². The normalized spacial score (nSPS) is 12.6. The van der Waals surface area contributed by atoms with E-state index in [-0.39, 0.29) is 12.5 Å². The van der Waals surface area contributed by atoms with E-state index in [1.165, 1.54) is 40.6 Å². The van der Waals surface area contributed by atoms with Crippen LogP contribution < -0.4 is 28.3 Å². The predicted octanol–water partition coefficient (Wildman–Crippen LogP) is 9.89. The van der Waals surface area contributed by atoms with Crippen molar-refractivity contribution in [3.05, 3.63) is 114 Å². The second kappa shape index (κ2) is 16.5. The van der Waals surface area contributed by atoms with Gasteiger partial charge in [0.05, 0.1) is 31.8 Å². The molecule has 0 bridgehead atoms. The minimum Gasteiger partial charge on any atom is -0.507 e. The van der Waals surface area contributed by atoms with Gasteiger partial charge in [-0.2, -0.15) is 4.57 Å². The number of phenols is 1. The lowest BCUT2D eigenvalue weighted by molar-refractivity contribution is -0.686. The van der Waals surface area contributed by atoms with Crippen molar-refractivity contribution in [2.45, 2.75) is 70.8 Å². The predicted molar refractivity (Wildman–Crippen MR) is 211 cm³/mol. The van der Waals surface area contributed by atoms with Crippen LogP contribution in [0.25, 0.3) is 33.2 Å². The third kappa shape index (κ3) is 7.57. The zero-order valence-corrected chi connectivity index (χ0v) is 31.0. The van der Waals surface area contributed by atoms with Crippen LogP contribution in [0, 0.1) is 0 Å². The van der Waals surface area contributed by atoms with E-state index < -0.39 is 0 Å². The molecule has 3 heterocycles. The Balaban J connectivity index is 0.972. The van der Waals surface area contributed by atoms with Crippen LogP contribution in [-0.2, 0) is 32.2 Å². The van der Waals surface area contributed by atoms with Crippen LogP contribution in [0.5, 0.6) is 34.5 Å². The lowest BCUT2D eigenvalue weighted by Gasteiger charge is -2.21. The summed E-state index contributed by atoms with van der Waals surface area (Å²) in [5, 5.41) is 12.9. The molecule has 1 N–H and O–H groups in total. The van der Waals surface area contributed by atoms with Crippen LogP contribution in [0.2, 0.25) is 0 Å². The van der Waals surface area contributed by atoms with Gasteiger partial charge >= 0.3 is 0 Å². The van der Waals surface area contributed by atoms with Crippen molar-refractivity contribution in [2.75, 3.05) is 27.6 Å². The van der Waals surface area contributed by atoms with Crippen LogP contribution in [0.1, 0.15) is 60.8 Å². The largest absolute Gasteiger partial charge is 0.507 e. The zero-order chi connectivity index (χ0) is 36.7. The van der Waals surface area contributed by atoms with Crippen molar-refractivity contribution >= 4 is 10.8 Å². The summed E-state index contributed by atoms with van der Waals surface area (Å²) in [7, 11) is 3.41. The van der Waals surface area contributed by atoms with Gasteiger partial charge in [-0.25, -0.2) is 0 Å². The molecule has 0 unspecified atom stereocenters. The van der Waals surface area contributed by atoms with E-state index in [2.05, 4.69) is 48.2 Å². The van der Waals surface area contributed by atoms with Gasteiger partial charge in [-0.3, -0.25) is 0 Å². The van der Waals surface area contributed by atoms with Crippen molar-refractivity contribution in [3.8, 4) is 56.9 Å². The summed E-state index contributed by atoms with van der Waals surface area (Å²) in [6, 6.07) is 20.4. The van der Waals surface area contributed by atoms with E-state index in [1.54, 1.807) is 20.3 Å². The SMILES string of the molecule is C=CCc1ccc(O)c(-c2ccc(OCCCCCCCCc3c4[n+](cc5c(OC)c(OC)ccc35)CCc3cc5c(cc3-4)OCO5)c(CC=C)c2)c1. The van der Waals surface area contributed by atoms with Crippen LogP contribution in [0.15, 0.2) is 92.2 Å². The van der Waals surface area contributed by atoms with E-state index in [0.29, 0.717) is 13.0 Å². The number of hydrogen-bond acceptors (Lipinski definition) is 6. The number of fused-ring (bicyclic) bond motifs is 5. The number of nitrogens with zero attached hydrogens (tertiary/aromatic N) is 1. The molecular formula is C46H50NO6+. The molecule has 4 aromatic carbocycles. The van der Waals surface area contributed by atoms with E-state index in [1.807, 2.05) is 42.5 Å². The number of aromatic hydroxyl groups is 1. The minimum atomic E-state index is 0.270. The lowest BCUT2D eigenvalue weighted by atomic mass is 9.89. The Morgan fingerprint density at radius 3 is 2.34 bits per heavy atom. The molecule has 0 radical (unpaired) electrons. The molecule has 0 saturated carbocycles. The van der Waals surface area contributed by atoms with Gasteiger partial charge in [0.2, 0.25) is 12.5 Å². The summed E-state index contributed by atoms with van der Waals surface area (Å²) in [6.45, 7) is 9.63. The lowest BCUT2D eigenvalue weighted by Crippen LogP contribution is -2.41. The molecule has 0 atom stereocenters. The second-order valence-electron chi connectivity index (χ2n) is 13.9. The zero-order valence-electron chi connectivity index (χ0n) is 31.0. The number of benzene rings is 4. The molecule has 2 aliphatic heterocycles. The molecule has 274 valence electrons. The standard InChI is InChI=1S/C46H49NO6/c1-5-13-31-16-19-40(48)37(25-31)32-17-20-41(34(26-32)14-6-2)51-24-12-10-8-7-9-11-15-36-35-18-21-42(49-3)46(50-4)39(35)29-47-23-22-33-27-43-44(53-30-52-43)28-38(33)45(36)47/h5-6,16-21,25-29H,1-2,7-15,22-24,30H2,3-4H3/p+1. The van der Waals surface area contributed by atoms with Crippen LogP contribution >= 0.6 is 0 Å². The molecule has 0 fully saturated rings. The average Bonchev–Trinajstić information content (AvgIpc) is 3.64. The number of aromatic nitrogens is 1. The summed E-state index contributed by atoms with van der Waals surface area (Å²) < 4.78 is 31.8. The highest BCUT2D eigenvalue weighted by atomic mass is 16.7. The first kappa shape index (κ1) is 36.0. The first-order valence-electron chi connectivity index (χ1n) is 18.9. The van der Waals surface area contributed by atoms with Crippen molar-refractivity contribution < 1.29 is 33.4 Å². The van der Waals surface area contributed by atoms with Crippen molar-refractivity contribution in [3.63, 3.8) is 0 Å². The van der Waals surface area contributed by atoms with Gasteiger partial charge in [-0.05, 0) is 103 Å². The quantitative estimate of drug-likeness (QED) is 0.0588. The maximum Gasteiger partial charge on any atom is 0.231 e. The third-order valence-corrected chi connectivity index (χ3v) is 10.5. The van der Waals surface area contributed by atoms with Crippen LogP contribution in [0.4, 0.5) is 0 Å². The van der Waals surface area contributed by atoms with Crippen molar-refractivity contribution in [1.82, 2.24) is 0 Å². The molecule has 0 aliphatic carbocycles. The minimum absolute atomic E-state index is 0.270. The number of aryl methyl sites for hydroxylation is 3. The Hall–Kier alpha value is -5.43. The smallest absolute Gasteiger partial charge is 0.231 e. The third-order valence-electron chi connectivity index (χ3n) is 10.5. The van der Waals surface area contributed by atoms with E-state index in [0.717, 1.165) is 108 Å². The van der Waals surface area contributed by atoms with Gasteiger partial charge in [0.15, 0.2) is 35.7 Å². The van der Waals surface area contributed by atoms with E-state index >= 15 is 0 Å². The Morgan fingerprint density at radius 2 is 1.55 bits per heavy atom. The molecular weight excluding hydrogens is 663 g/mol. The molecule has 7 rings (SSSR count). The first-order chi connectivity index (χ1) is 26.0. The van der Waals surface area contributed by atoms with Crippen molar-refractivity contribution in [2.24, 2.45) is 0 Å². The molecule has 7 heteroatoms. The number of pyridine rings is 1. The number of hydrogen-bond donors (Lipinski definition) is 1. The number of phenolic OH excluding ortho intramolecular Hbond substituents is 1. The number of methoxy groups -OCH3 is 2. The highest BCUT2D eigenvalue weighted by Crippen LogP contribution is 2.44. The Kier molecular flexibility index (Phi) is 11.2. The fourth-order valence-corrected chi connectivity index (χ4v) is 7.87. The second-order valence-corrected chi connectivity index (χ2v) is 13.9. The van der Waals surface area contributed by atoms with E-state index in [4.69, 9.17) is 23.7 Å². The van der Waals surface area contributed by atoms with Crippen LogP contribution in [-0.4, -0.2) is 32.7 Å². The Bertz CT molecular complexity index is 2140. The van der Waals surface area contributed by atoms with Gasteiger partial charge in [0.1, 0.15) is 11.5 Å². The maximum absolute atomic E-state index is 10.6. The number of allylic oxidation sites excluding steroid dienone is 2. The summed E-state index contributed by atoms with van der Waals surface area (Å²) >= 11 is 0. The molecule has 5 aromatic rings. The van der Waals surface area contributed by atoms with Gasteiger partial charge in [0, 0.05) is 22.9 Å². The Morgan fingerprint density at radius 1 is 0.774 bits per heavy atom. The van der Waals surface area contributed by atoms with Gasteiger partial charge in [-0.15, -0.1) is 13.2 Å². The fourth-order valence-electron chi connectivity index (χ4n) is 7.87. The summed E-state index contributed by atoms with van der Waals surface area (Å²) in [4.78, 5) is 0. The highest BCUT2D eigenvalue weighted by molar-refractivity contribution is 5.95. The molecule has 7 nitrogen and oxygen atoms in total. The molecule has 53 heavy (non-hydrogen) atoms. The van der Waals surface area contributed by atoms with E-state index in [9.17, 15) is 5.11 Å². The fraction of sp³-hybridized carbons (Fsp3) is 0.326. The van der Waals surface area contributed by atoms with Crippen LogP contribution in [0.3, 0.4) is 0 Å². The average molecular weight is 713 g/mol. The highest BCUT2D eigenvalue weighted by Gasteiger charge is 2.32. The molecule has 1 aromatic heterocycles. The number of rotatable bonds is 17. The first-order valence-corrected chi connectivity index (χ1v) is 18.9. The maximum atomic E-state index is 10.6. The van der Waals surface area contributed by atoms with Gasteiger partial charge in [-0.1, -0.05) is 50.0 Å². The summed E-state index contributed by atoms with van der Waals surface area (Å²) in [5.41, 5.74) is 9.12. The Labute approximate surface area is 313 Å².